The Kier molecular flexibility index (Phi) is 6.35. The predicted molar refractivity (Wildman–Crippen MR) is 103 cm³/mol. The van der Waals surface area contributed by atoms with Gasteiger partial charge in [-0.15, -0.1) is 0 Å². The quantitative estimate of drug-likeness (QED) is 0.818. The molecule has 1 aliphatic heterocycles. The minimum atomic E-state index is 0.0660. The average Bonchev–Trinajstić information content (AvgIpc) is 3.15. The standard InChI is InChI=1S/C21H32N2O2/c1-16(14-17-6-2-3-7-17)21(25)22-19-8-4-5-9-20(19)23-12-10-18(15-24)11-13-23/h4-5,8-9,16-18,24H,2-3,6-7,10-15H2,1H3,(H,22,25). The average molecular weight is 344 g/mol. The molecule has 4 nitrogen and oxygen atoms in total. The van der Waals surface area contributed by atoms with E-state index in [1.54, 1.807) is 0 Å². The van der Waals surface area contributed by atoms with Crippen molar-refractivity contribution in [2.75, 3.05) is 29.9 Å². The van der Waals surface area contributed by atoms with E-state index in [1.807, 2.05) is 18.2 Å². The summed E-state index contributed by atoms with van der Waals surface area (Å²) in [6.45, 7) is 4.22. The molecule has 25 heavy (non-hydrogen) atoms. The molecule has 138 valence electrons. The zero-order chi connectivity index (χ0) is 17.6. The van der Waals surface area contributed by atoms with Crippen LogP contribution in [-0.4, -0.2) is 30.7 Å². The predicted octanol–water partition coefficient (Wildman–Crippen LogP) is 4.05. The van der Waals surface area contributed by atoms with Crippen molar-refractivity contribution >= 4 is 17.3 Å². The maximum Gasteiger partial charge on any atom is 0.227 e. The molecule has 1 atom stereocenters. The van der Waals surface area contributed by atoms with Gasteiger partial charge in [-0.1, -0.05) is 44.7 Å². The number of hydrogen-bond acceptors (Lipinski definition) is 3. The van der Waals surface area contributed by atoms with Crippen LogP contribution in [0.5, 0.6) is 0 Å². The maximum atomic E-state index is 12.7. The Bertz CT molecular complexity index is 561. The van der Waals surface area contributed by atoms with Crippen LogP contribution < -0.4 is 10.2 Å². The van der Waals surface area contributed by atoms with E-state index in [0.717, 1.165) is 49.6 Å². The Hall–Kier alpha value is -1.55. The Morgan fingerprint density at radius 1 is 1.16 bits per heavy atom. The number of benzene rings is 1. The molecule has 1 saturated carbocycles. The number of piperidine rings is 1. The monoisotopic (exact) mass is 344 g/mol. The highest BCUT2D eigenvalue weighted by Gasteiger charge is 2.24. The highest BCUT2D eigenvalue weighted by atomic mass is 16.3. The lowest BCUT2D eigenvalue weighted by atomic mass is 9.94. The van der Waals surface area contributed by atoms with Gasteiger partial charge in [-0.3, -0.25) is 4.79 Å². The summed E-state index contributed by atoms with van der Waals surface area (Å²) < 4.78 is 0. The molecule has 1 amide bonds. The van der Waals surface area contributed by atoms with E-state index in [0.29, 0.717) is 5.92 Å². The molecule has 0 spiro atoms. The second-order valence-corrected chi connectivity index (χ2v) is 7.91. The summed E-state index contributed by atoms with van der Waals surface area (Å²) in [5, 5.41) is 12.5. The molecule has 4 heteroatoms. The molecule has 2 aliphatic rings. The molecule has 1 aliphatic carbocycles. The van der Waals surface area contributed by atoms with Gasteiger partial charge >= 0.3 is 0 Å². The number of aliphatic hydroxyl groups is 1. The van der Waals surface area contributed by atoms with Crippen LogP contribution in [0.1, 0.15) is 51.9 Å². The minimum absolute atomic E-state index is 0.0660. The summed E-state index contributed by atoms with van der Waals surface area (Å²) in [4.78, 5) is 15.0. The molecule has 1 unspecified atom stereocenters. The first kappa shape index (κ1) is 18.2. The molecule has 1 aromatic rings. The third kappa shape index (κ3) is 4.75. The molecule has 1 heterocycles. The Morgan fingerprint density at radius 3 is 2.52 bits per heavy atom. The van der Waals surface area contributed by atoms with Gasteiger partial charge < -0.3 is 15.3 Å². The number of carbonyl (C=O) groups excluding carboxylic acids is 1. The first-order valence-corrected chi connectivity index (χ1v) is 9.93. The van der Waals surface area contributed by atoms with Crippen LogP contribution in [-0.2, 0) is 4.79 Å². The van der Waals surface area contributed by atoms with Gasteiger partial charge in [0.2, 0.25) is 5.91 Å². The molecule has 1 aromatic carbocycles. The second kappa shape index (κ2) is 8.70. The number of hydrogen-bond donors (Lipinski definition) is 2. The SMILES string of the molecule is CC(CC1CCCC1)C(=O)Nc1ccccc1N1CCC(CO)CC1. The molecule has 0 radical (unpaired) electrons. The van der Waals surface area contributed by atoms with Gasteiger partial charge in [0.15, 0.2) is 0 Å². The number of anilines is 2. The molecular weight excluding hydrogens is 312 g/mol. The van der Waals surface area contributed by atoms with Crippen molar-refractivity contribution in [1.82, 2.24) is 0 Å². The van der Waals surface area contributed by atoms with E-state index >= 15 is 0 Å². The van der Waals surface area contributed by atoms with Gasteiger partial charge in [-0.05, 0) is 43.2 Å². The van der Waals surface area contributed by atoms with E-state index < -0.39 is 0 Å². The summed E-state index contributed by atoms with van der Waals surface area (Å²) >= 11 is 0. The Morgan fingerprint density at radius 2 is 1.84 bits per heavy atom. The van der Waals surface area contributed by atoms with Gasteiger partial charge in [0.05, 0.1) is 11.4 Å². The number of rotatable bonds is 6. The summed E-state index contributed by atoms with van der Waals surface area (Å²) in [5.74, 6) is 1.36. The minimum Gasteiger partial charge on any atom is -0.396 e. The summed E-state index contributed by atoms with van der Waals surface area (Å²) in [5.41, 5.74) is 2.04. The lowest BCUT2D eigenvalue weighted by Gasteiger charge is -2.34. The fourth-order valence-corrected chi connectivity index (χ4v) is 4.32. The summed E-state index contributed by atoms with van der Waals surface area (Å²) in [6, 6.07) is 8.12. The van der Waals surface area contributed by atoms with Crippen molar-refractivity contribution < 1.29 is 9.90 Å². The highest BCUT2D eigenvalue weighted by Crippen LogP contribution is 2.32. The van der Waals surface area contributed by atoms with Crippen LogP contribution in [0.25, 0.3) is 0 Å². The first-order chi connectivity index (χ1) is 12.2. The molecule has 2 N–H and O–H groups in total. The fraction of sp³-hybridized carbons (Fsp3) is 0.667. The Labute approximate surface area is 151 Å². The summed E-state index contributed by atoms with van der Waals surface area (Å²) in [6.07, 6.45) is 8.25. The van der Waals surface area contributed by atoms with Gasteiger partial charge in [0.25, 0.3) is 0 Å². The zero-order valence-corrected chi connectivity index (χ0v) is 15.4. The largest absolute Gasteiger partial charge is 0.396 e. The number of nitrogens with zero attached hydrogens (tertiary/aromatic N) is 1. The number of amides is 1. The van der Waals surface area contributed by atoms with E-state index in [1.165, 1.54) is 25.7 Å². The maximum absolute atomic E-state index is 12.7. The van der Waals surface area contributed by atoms with Crippen molar-refractivity contribution in [3.63, 3.8) is 0 Å². The molecule has 1 saturated heterocycles. The van der Waals surface area contributed by atoms with E-state index in [4.69, 9.17) is 0 Å². The van der Waals surface area contributed by atoms with Crippen LogP contribution in [0.2, 0.25) is 0 Å². The van der Waals surface area contributed by atoms with Crippen LogP contribution in [0.3, 0.4) is 0 Å². The lowest BCUT2D eigenvalue weighted by molar-refractivity contribution is -0.119. The van der Waals surface area contributed by atoms with Crippen molar-refractivity contribution in [1.29, 1.82) is 0 Å². The number of nitrogens with one attached hydrogen (secondary N) is 1. The molecule has 3 rings (SSSR count). The highest BCUT2D eigenvalue weighted by molar-refractivity contribution is 5.95. The van der Waals surface area contributed by atoms with Gasteiger partial charge in [-0.2, -0.15) is 0 Å². The zero-order valence-electron chi connectivity index (χ0n) is 15.4. The molecule has 0 aromatic heterocycles. The first-order valence-electron chi connectivity index (χ1n) is 9.93. The normalized spacial score (nSPS) is 20.6. The lowest BCUT2D eigenvalue weighted by Crippen LogP contribution is -2.35. The van der Waals surface area contributed by atoms with Crippen molar-refractivity contribution in [2.24, 2.45) is 17.8 Å². The van der Waals surface area contributed by atoms with Gasteiger partial charge in [0.1, 0.15) is 0 Å². The molecule has 2 fully saturated rings. The summed E-state index contributed by atoms with van der Waals surface area (Å²) in [7, 11) is 0. The smallest absolute Gasteiger partial charge is 0.227 e. The van der Waals surface area contributed by atoms with Crippen LogP contribution >= 0.6 is 0 Å². The van der Waals surface area contributed by atoms with E-state index in [2.05, 4.69) is 23.2 Å². The third-order valence-electron chi connectivity index (χ3n) is 5.98. The van der Waals surface area contributed by atoms with Gasteiger partial charge in [-0.25, -0.2) is 0 Å². The molecule has 0 bridgehead atoms. The van der Waals surface area contributed by atoms with E-state index in [9.17, 15) is 9.90 Å². The van der Waals surface area contributed by atoms with E-state index in [-0.39, 0.29) is 18.4 Å². The fourth-order valence-electron chi connectivity index (χ4n) is 4.32. The van der Waals surface area contributed by atoms with Gasteiger partial charge in [0, 0.05) is 25.6 Å². The van der Waals surface area contributed by atoms with Crippen molar-refractivity contribution in [3.05, 3.63) is 24.3 Å². The van der Waals surface area contributed by atoms with Crippen LogP contribution in [0.15, 0.2) is 24.3 Å². The number of carbonyl (C=O) groups is 1. The van der Waals surface area contributed by atoms with Crippen LogP contribution in [0.4, 0.5) is 11.4 Å². The second-order valence-electron chi connectivity index (χ2n) is 7.91. The molecular formula is C21H32N2O2. The number of para-hydroxylation sites is 2. The van der Waals surface area contributed by atoms with Crippen LogP contribution in [0, 0.1) is 17.8 Å². The number of aliphatic hydroxyl groups excluding tert-OH is 1. The topological polar surface area (TPSA) is 52.6 Å². The van der Waals surface area contributed by atoms with Crippen molar-refractivity contribution in [2.45, 2.75) is 51.9 Å². The van der Waals surface area contributed by atoms with Crippen molar-refractivity contribution in [3.8, 4) is 0 Å². The third-order valence-corrected chi connectivity index (χ3v) is 5.98. The Balaban J connectivity index is 1.61.